The highest BCUT2D eigenvalue weighted by Gasteiger charge is 2.49. The first-order valence-electron chi connectivity index (χ1n) is 17.4. The highest BCUT2D eigenvalue weighted by molar-refractivity contribution is 7.92. The number of rotatable bonds is 16. The van der Waals surface area contributed by atoms with Crippen molar-refractivity contribution in [1.29, 1.82) is 0 Å². The van der Waals surface area contributed by atoms with E-state index in [0.29, 0.717) is 37.8 Å². The number of alkyl carbamates (subject to hydrolysis) is 1. The third-order valence-corrected chi connectivity index (χ3v) is 11.9. The monoisotopic (exact) mass is 764 g/mol. The molecule has 1 saturated carbocycles. The lowest BCUT2D eigenvalue weighted by atomic mass is 10.0. The van der Waals surface area contributed by atoms with Crippen LogP contribution in [0.15, 0.2) is 12.1 Å². The number of nitrogens with one attached hydrogen (secondary N) is 3. The van der Waals surface area contributed by atoms with Gasteiger partial charge in [-0.15, -0.1) is 0 Å². The molecule has 4 N–H and O–H groups in total. The fourth-order valence-electron chi connectivity index (χ4n) is 6.37. The Balaban J connectivity index is 1.84. The number of hydrogen-bond donors (Lipinski definition) is 4. The van der Waals surface area contributed by atoms with E-state index < -0.39 is 129 Å². The number of sulfone groups is 1. The van der Waals surface area contributed by atoms with Gasteiger partial charge in [0, 0.05) is 25.1 Å². The zero-order valence-electron chi connectivity index (χ0n) is 29.6. The fourth-order valence-corrected chi connectivity index (χ4v) is 8.73. The van der Waals surface area contributed by atoms with E-state index in [2.05, 4.69) is 16.0 Å². The minimum atomic E-state index is -3.88. The number of carbonyl (C=O) groups is 5. The van der Waals surface area contributed by atoms with Crippen molar-refractivity contribution in [3.05, 3.63) is 34.9 Å². The number of ether oxygens (including phenoxy) is 1. The van der Waals surface area contributed by atoms with Crippen molar-refractivity contribution in [2.24, 2.45) is 11.8 Å². The molecule has 292 valence electrons. The molecule has 2 aliphatic rings. The molecule has 0 spiro atoms. The van der Waals surface area contributed by atoms with Crippen LogP contribution in [0.5, 0.6) is 0 Å². The molecule has 1 aliphatic heterocycles. The third-order valence-electron chi connectivity index (χ3n) is 9.19. The highest BCUT2D eigenvalue weighted by atomic mass is 32.2. The zero-order valence-corrected chi connectivity index (χ0v) is 30.4. The average molecular weight is 765 g/mol. The van der Waals surface area contributed by atoms with Crippen molar-refractivity contribution in [3.63, 3.8) is 0 Å². The molecule has 2 fully saturated rings. The molecule has 1 heterocycles. The van der Waals surface area contributed by atoms with E-state index in [1.807, 2.05) is 13.8 Å². The topological polar surface area (TPSA) is 188 Å². The average Bonchev–Trinajstić information content (AvgIpc) is 3.53. The number of alkyl halides is 2. The fraction of sp³-hybridized carbons (Fsp3) is 0.676. The predicted molar refractivity (Wildman–Crippen MR) is 180 cm³/mol. The third kappa shape index (κ3) is 11.3. The van der Waals surface area contributed by atoms with Crippen LogP contribution in [-0.4, -0.2) is 103 Å². The normalized spacial score (nSPS) is 19.4. The number of likely N-dealkylation sites (tertiary alicyclic amines) is 1. The Kier molecular flexibility index (Phi) is 15.3. The lowest BCUT2D eigenvalue weighted by molar-refractivity contribution is -0.141. The van der Waals surface area contributed by atoms with Gasteiger partial charge < -0.3 is 30.7 Å². The summed E-state index contributed by atoms with van der Waals surface area (Å²) in [4.78, 5) is 65.4. The summed E-state index contributed by atoms with van der Waals surface area (Å²) in [6.45, 7) is 6.00. The van der Waals surface area contributed by atoms with Crippen LogP contribution >= 0.6 is 0 Å². The molecule has 18 heteroatoms. The Morgan fingerprint density at radius 2 is 1.58 bits per heavy atom. The summed E-state index contributed by atoms with van der Waals surface area (Å²) in [5.74, 6) is -7.55. The van der Waals surface area contributed by atoms with Crippen LogP contribution in [0, 0.1) is 23.5 Å². The van der Waals surface area contributed by atoms with Crippen molar-refractivity contribution in [3.8, 4) is 0 Å². The number of hydrogen-bond acceptors (Lipinski definition) is 8. The van der Waals surface area contributed by atoms with Crippen LogP contribution in [0.4, 0.5) is 22.4 Å². The number of aromatic carboxylic acids is 1. The van der Waals surface area contributed by atoms with Crippen LogP contribution in [0.25, 0.3) is 0 Å². The van der Waals surface area contributed by atoms with E-state index in [9.17, 15) is 50.0 Å². The number of halogens is 4. The minimum Gasteiger partial charge on any atom is -0.478 e. The molecule has 4 atom stereocenters. The number of carboxylic acids is 1. The summed E-state index contributed by atoms with van der Waals surface area (Å²) < 4.78 is 88.7. The quantitative estimate of drug-likeness (QED) is 0.183. The summed E-state index contributed by atoms with van der Waals surface area (Å²) in [7, 11) is -3.88. The molecule has 1 aromatic carbocycles. The first kappa shape index (κ1) is 42.5. The van der Waals surface area contributed by atoms with Gasteiger partial charge in [0.2, 0.25) is 24.1 Å². The van der Waals surface area contributed by atoms with Crippen molar-refractivity contribution >= 4 is 39.6 Å². The highest BCUT2D eigenvalue weighted by Crippen LogP contribution is 2.33. The van der Waals surface area contributed by atoms with Crippen LogP contribution in [-0.2, 0) is 35.4 Å². The van der Waals surface area contributed by atoms with Gasteiger partial charge in [0.25, 0.3) is 0 Å². The Morgan fingerprint density at radius 1 is 0.962 bits per heavy atom. The standard InChI is InChI=1S/C34H48F4N4O9S/c1-18(2)17-51-34(48)41-29(19(3)4)32(45)42-16-22(52(49,50)21-8-6-5-7-9-21)14-27(42)31(44)40-26(15-28(37)38)30(43)39-11-10-23-24(35)12-20(33(46)47)13-25(23)36/h12-13,18-19,21-22,26-29H,5-11,14-17H2,1-4H3,(H,39,43)(H,40,44)(H,41,48)(H,46,47)/t22-,26+,27+,29+/m1/s1. The van der Waals surface area contributed by atoms with Gasteiger partial charge in [-0.05, 0) is 49.7 Å². The number of carboxylic acid groups (broad SMARTS) is 1. The van der Waals surface area contributed by atoms with Gasteiger partial charge >= 0.3 is 12.1 Å². The van der Waals surface area contributed by atoms with Crippen molar-refractivity contribution < 1.29 is 59.8 Å². The molecule has 1 saturated heterocycles. The molecule has 0 bridgehead atoms. The summed E-state index contributed by atoms with van der Waals surface area (Å²) in [5.41, 5.74) is -1.20. The largest absolute Gasteiger partial charge is 0.478 e. The zero-order chi connectivity index (χ0) is 38.9. The summed E-state index contributed by atoms with van der Waals surface area (Å²) in [6.07, 6.45) is -2.99. The predicted octanol–water partition coefficient (Wildman–Crippen LogP) is 3.59. The Hall–Kier alpha value is -3.96. The second-order valence-electron chi connectivity index (χ2n) is 14.0. The maximum atomic E-state index is 14.4. The van der Waals surface area contributed by atoms with Gasteiger partial charge in [-0.1, -0.05) is 47.0 Å². The van der Waals surface area contributed by atoms with Crippen LogP contribution in [0.1, 0.15) is 88.6 Å². The molecular weight excluding hydrogens is 716 g/mol. The molecule has 1 aromatic rings. The Bertz CT molecular complexity index is 1550. The molecule has 3 rings (SSSR count). The van der Waals surface area contributed by atoms with Gasteiger partial charge in [0.05, 0.1) is 22.7 Å². The number of nitrogens with zero attached hydrogens (tertiary/aromatic N) is 1. The van der Waals surface area contributed by atoms with E-state index >= 15 is 0 Å². The second kappa shape index (κ2) is 18.7. The van der Waals surface area contributed by atoms with Crippen molar-refractivity contribution in [2.75, 3.05) is 19.7 Å². The molecule has 0 radical (unpaired) electrons. The van der Waals surface area contributed by atoms with Gasteiger partial charge in [0.1, 0.15) is 29.8 Å². The van der Waals surface area contributed by atoms with Crippen molar-refractivity contribution in [2.45, 2.75) is 114 Å². The van der Waals surface area contributed by atoms with E-state index in [-0.39, 0.29) is 18.9 Å². The Morgan fingerprint density at radius 3 is 2.12 bits per heavy atom. The molecule has 52 heavy (non-hydrogen) atoms. The molecular formula is C34H48F4N4O9S. The maximum absolute atomic E-state index is 14.4. The molecule has 0 unspecified atom stereocenters. The van der Waals surface area contributed by atoms with E-state index in [1.165, 1.54) is 0 Å². The van der Waals surface area contributed by atoms with E-state index in [1.54, 1.807) is 13.8 Å². The Labute approximate surface area is 300 Å². The van der Waals surface area contributed by atoms with E-state index in [0.717, 1.165) is 11.3 Å². The number of amides is 4. The first-order valence-corrected chi connectivity index (χ1v) is 19.0. The molecule has 0 aromatic heterocycles. The van der Waals surface area contributed by atoms with Gasteiger partial charge in [-0.25, -0.2) is 35.6 Å². The minimum absolute atomic E-state index is 0.0116. The lowest BCUT2D eigenvalue weighted by Crippen LogP contribution is -2.57. The molecule has 13 nitrogen and oxygen atoms in total. The summed E-state index contributed by atoms with van der Waals surface area (Å²) >= 11 is 0. The van der Waals surface area contributed by atoms with Crippen LogP contribution < -0.4 is 16.0 Å². The van der Waals surface area contributed by atoms with Gasteiger partial charge in [-0.3, -0.25) is 14.4 Å². The van der Waals surface area contributed by atoms with E-state index in [4.69, 9.17) is 9.84 Å². The summed E-state index contributed by atoms with van der Waals surface area (Å²) in [5, 5.41) is 14.0. The second-order valence-corrected chi connectivity index (χ2v) is 16.5. The lowest BCUT2D eigenvalue weighted by Gasteiger charge is -2.31. The van der Waals surface area contributed by atoms with Gasteiger partial charge in [-0.2, -0.15) is 0 Å². The summed E-state index contributed by atoms with van der Waals surface area (Å²) in [6, 6.07) is -3.49. The van der Waals surface area contributed by atoms with Gasteiger partial charge in [0.15, 0.2) is 9.84 Å². The number of benzene rings is 1. The molecule has 4 amide bonds. The maximum Gasteiger partial charge on any atom is 0.407 e. The molecule has 1 aliphatic carbocycles. The van der Waals surface area contributed by atoms with Crippen LogP contribution in [0.3, 0.4) is 0 Å². The SMILES string of the molecule is CC(C)COC(=O)N[C@H](C(=O)N1C[C@H](S(=O)(=O)C2CCCCC2)C[C@H]1C(=O)N[C@@H](CC(F)F)C(=O)NCCc1c(F)cc(C(=O)O)cc1F)C(C)C. The first-order chi connectivity index (χ1) is 24.3. The smallest absolute Gasteiger partial charge is 0.407 e. The van der Waals surface area contributed by atoms with Crippen molar-refractivity contribution in [1.82, 2.24) is 20.9 Å². The number of carbonyl (C=O) groups excluding carboxylic acids is 4. The van der Waals surface area contributed by atoms with Crippen LogP contribution in [0.2, 0.25) is 0 Å².